The Labute approximate surface area is 127 Å². The molecule has 0 fully saturated rings. The summed E-state index contributed by atoms with van der Waals surface area (Å²) in [5.74, 6) is -0.470. The number of amides is 1. The van der Waals surface area contributed by atoms with E-state index < -0.39 is 23.2 Å². The first-order valence-electron chi connectivity index (χ1n) is 7.18. The van der Waals surface area contributed by atoms with E-state index in [1.54, 1.807) is 41.5 Å². The summed E-state index contributed by atoms with van der Waals surface area (Å²) < 4.78 is 15.7. The molecular weight excluding hydrogens is 274 g/mol. The van der Waals surface area contributed by atoms with Gasteiger partial charge in [0.1, 0.15) is 17.9 Å². The molecule has 1 atom stereocenters. The molecular formula is C15H29NO5. The van der Waals surface area contributed by atoms with E-state index in [4.69, 9.17) is 14.2 Å². The van der Waals surface area contributed by atoms with Gasteiger partial charge in [-0.2, -0.15) is 0 Å². The Kier molecular flexibility index (Phi) is 7.16. The van der Waals surface area contributed by atoms with E-state index in [0.717, 1.165) is 0 Å². The zero-order valence-electron chi connectivity index (χ0n) is 14.5. The first-order valence-corrected chi connectivity index (χ1v) is 7.18. The molecule has 0 radical (unpaired) electrons. The summed E-state index contributed by atoms with van der Waals surface area (Å²) in [6.07, 6.45) is -0.470. The van der Waals surface area contributed by atoms with E-state index in [0.29, 0.717) is 6.42 Å². The number of hydrogen-bond acceptors (Lipinski definition) is 5. The van der Waals surface area contributed by atoms with Crippen LogP contribution in [0.15, 0.2) is 0 Å². The van der Waals surface area contributed by atoms with Crippen LogP contribution in [0.5, 0.6) is 0 Å². The van der Waals surface area contributed by atoms with Crippen molar-refractivity contribution in [3.05, 3.63) is 0 Å². The van der Waals surface area contributed by atoms with Crippen LogP contribution in [-0.4, -0.2) is 48.0 Å². The lowest BCUT2D eigenvalue weighted by Gasteiger charge is -2.38. The maximum atomic E-state index is 12.4. The molecule has 0 aromatic heterocycles. The monoisotopic (exact) mass is 303 g/mol. The lowest BCUT2D eigenvalue weighted by atomic mass is 9.97. The minimum Gasteiger partial charge on any atom is -0.461 e. The highest BCUT2D eigenvalue weighted by Gasteiger charge is 2.44. The Morgan fingerprint density at radius 1 is 1.14 bits per heavy atom. The fraction of sp³-hybridized carbons (Fsp3) is 0.867. The summed E-state index contributed by atoms with van der Waals surface area (Å²) in [6, 6.07) is 0. The number of ether oxygens (including phenoxy) is 3. The summed E-state index contributed by atoms with van der Waals surface area (Å²) >= 11 is 0. The molecule has 0 heterocycles. The highest BCUT2D eigenvalue weighted by Crippen LogP contribution is 2.24. The standard InChI is InChI=1S/C15H29NO5/c1-9-15(7,12(17)20-11(2)3)16(10-19-8)13(18)21-14(4,5)6/h11H,9-10H2,1-8H3/t15-/m0/s1. The summed E-state index contributed by atoms with van der Waals surface area (Å²) in [5.41, 5.74) is -1.79. The van der Waals surface area contributed by atoms with Crippen molar-refractivity contribution < 1.29 is 23.8 Å². The van der Waals surface area contributed by atoms with Gasteiger partial charge in [0, 0.05) is 7.11 Å². The van der Waals surface area contributed by atoms with Crippen molar-refractivity contribution in [2.45, 2.75) is 72.1 Å². The number of nitrogens with zero attached hydrogens (tertiary/aromatic N) is 1. The molecule has 1 amide bonds. The average molecular weight is 303 g/mol. The number of carbonyl (C=O) groups is 2. The van der Waals surface area contributed by atoms with E-state index in [1.165, 1.54) is 12.0 Å². The second-order valence-corrected chi connectivity index (χ2v) is 6.41. The van der Waals surface area contributed by atoms with E-state index in [9.17, 15) is 9.59 Å². The molecule has 0 saturated carbocycles. The largest absolute Gasteiger partial charge is 0.461 e. The second kappa shape index (κ2) is 7.64. The Bertz CT molecular complexity index is 362. The number of hydrogen-bond donors (Lipinski definition) is 0. The van der Waals surface area contributed by atoms with Gasteiger partial charge in [-0.15, -0.1) is 0 Å². The van der Waals surface area contributed by atoms with Crippen LogP contribution in [0.2, 0.25) is 0 Å². The molecule has 0 rings (SSSR count). The molecule has 0 bridgehead atoms. The number of methoxy groups -OCH3 is 1. The third kappa shape index (κ3) is 5.91. The third-order valence-corrected chi connectivity index (χ3v) is 2.94. The van der Waals surface area contributed by atoms with Crippen LogP contribution in [0.25, 0.3) is 0 Å². The van der Waals surface area contributed by atoms with E-state index >= 15 is 0 Å². The van der Waals surface area contributed by atoms with Crippen molar-refractivity contribution in [3.63, 3.8) is 0 Å². The SMILES string of the molecule is CC[C@@](C)(C(=O)OC(C)C)N(COC)C(=O)OC(C)(C)C. The Hall–Kier alpha value is -1.30. The summed E-state index contributed by atoms with van der Waals surface area (Å²) in [4.78, 5) is 26.0. The highest BCUT2D eigenvalue weighted by atomic mass is 16.6. The molecule has 0 aliphatic heterocycles. The fourth-order valence-electron chi connectivity index (χ4n) is 1.63. The predicted octanol–water partition coefficient (Wildman–Crippen LogP) is 2.95. The van der Waals surface area contributed by atoms with Crippen molar-refractivity contribution in [1.29, 1.82) is 0 Å². The van der Waals surface area contributed by atoms with Gasteiger partial charge >= 0.3 is 12.1 Å². The lowest BCUT2D eigenvalue weighted by Crippen LogP contribution is -2.57. The summed E-state index contributed by atoms with van der Waals surface area (Å²) in [6.45, 7) is 12.3. The van der Waals surface area contributed by atoms with E-state index in [1.807, 2.05) is 6.92 Å². The molecule has 124 valence electrons. The molecule has 6 nitrogen and oxygen atoms in total. The van der Waals surface area contributed by atoms with Gasteiger partial charge < -0.3 is 14.2 Å². The van der Waals surface area contributed by atoms with Crippen molar-refractivity contribution in [2.24, 2.45) is 0 Å². The number of esters is 1. The van der Waals surface area contributed by atoms with Crippen LogP contribution >= 0.6 is 0 Å². The smallest absolute Gasteiger partial charge is 0.413 e. The zero-order chi connectivity index (χ0) is 16.8. The van der Waals surface area contributed by atoms with Crippen molar-refractivity contribution in [1.82, 2.24) is 4.90 Å². The van der Waals surface area contributed by atoms with Crippen molar-refractivity contribution in [2.75, 3.05) is 13.8 Å². The predicted molar refractivity (Wildman–Crippen MR) is 79.9 cm³/mol. The van der Waals surface area contributed by atoms with Gasteiger partial charge in [0.15, 0.2) is 0 Å². The Morgan fingerprint density at radius 3 is 2.00 bits per heavy atom. The van der Waals surface area contributed by atoms with Gasteiger partial charge in [0.25, 0.3) is 0 Å². The zero-order valence-corrected chi connectivity index (χ0v) is 14.5. The summed E-state index contributed by atoms with van der Waals surface area (Å²) in [5, 5.41) is 0. The minimum absolute atomic E-state index is 0.0492. The van der Waals surface area contributed by atoms with Crippen molar-refractivity contribution >= 4 is 12.1 Å². The minimum atomic E-state index is -1.14. The average Bonchev–Trinajstić information content (AvgIpc) is 2.31. The highest BCUT2D eigenvalue weighted by molar-refractivity contribution is 5.85. The van der Waals surface area contributed by atoms with Crippen molar-refractivity contribution in [3.8, 4) is 0 Å². The van der Waals surface area contributed by atoms with E-state index in [2.05, 4.69) is 0 Å². The Morgan fingerprint density at radius 2 is 1.67 bits per heavy atom. The molecule has 0 unspecified atom stereocenters. The van der Waals surface area contributed by atoms with E-state index in [-0.39, 0.29) is 12.8 Å². The normalized spacial score (nSPS) is 14.5. The van der Waals surface area contributed by atoms with Gasteiger partial charge in [0.05, 0.1) is 6.10 Å². The summed E-state index contributed by atoms with van der Waals surface area (Å²) in [7, 11) is 1.46. The molecule has 0 aromatic rings. The molecule has 0 aromatic carbocycles. The maximum Gasteiger partial charge on any atom is 0.413 e. The number of rotatable bonds is 6. The maximum absolute atomic E-state index is 12.4. The van der Waals surface area contributed by atoms with Crippen LogP contribution < -0.4 is 0 Å². The molecule has 0 aliphatic rings. The fourth-order valence-corrected chi connectivity index (χ4v) is 1.63. The van der Waals surface area contributed by atoms with Crippen LogP contribution in [0.4, 0.5) is 4.79 Å². The molecule has 21 heavy (non-hydrogen) atoms. The van der Waals surface area contributed by atoms with Gasteiger partial charge in [-0.05, 0) is 48.0 Å². The quantitative estimate of drug-likeness (QED) is 0.557. The van der Waals surface area contributed by atoms with Crippen LogP contribution in [-0.2, 0) is 19.0 Å². The first kappa shape index (κ1) is 19.7. The third-order valence-electron chi connectivity index (χ3n) is 2.94. The topological polar surface area (TPSA) is 65.1 Å². The van der Waals surface area contributed by atoms with Gasteiger partial charge in [0.2, 0.25) is 0 Å². The molecule has 0 aliphatic carbocycles. The van der Waals surface area contributed by atoms with Gasteiger partial charge in [-0.3, -0.25) is 4.90 Å². The first-order chi connectivity index (χ1) is 9.47. The van der Waals surface area contributed by atoms with Crippen LogP contribution in [0, 0.1) is 0 Å². The van der Waals surface area contributed by atoms with Gasteiger partial charge in [-0.25, -0.2) is 9.59 Å². The molecule has 6 heteroatoms. The Balaban J connectivity index is 5.36. The molecule has 0 spiro atoms. The molecule has 0 N–H and O–H groups in total. The van der Waals surface area contributed by atoms with Gasteiger partial charge in [-0.1, -0.05) is 6.92 Å². The second-order valence-electron chi connectivity index (χ2n) is 6.41. The number of carbonyl (C=O) groups excluding carboxylic acids is 2. The van der Waals surface area contributed by atoms with Crippen LogP contribution in [0.3, 0.4) is 0 Å². The lowest BCUT2D eigenvalue weighted by molar-refractivity contribution is -0.164. The van der Waals surface area contributed by atoms with Crippen LogP contribution in [0.1, 0.15) is 54.9 Å². The molecule has 0 saturated heterocycles.